The van der Waals surface area contributed by atoms with Gasteiger partial charge in [-0.1, -0.05) is 0 Å². The number of ether oxygens (including phenoxy) is 1. The molecule has 5 heteroatoms. The minimum absolute atomic E-state index is 0.218. The van der Waals surface area contributed by atoms with Crippen LogP contribution >= 0.6 is 11.6 Å². The summed E-state index contributed by atoms with van der Waals surface area (Å²) in [7, 11) is 0. The number of carboxylic acids is 1. The first-order chi connectivity index (χ1) is 4.86. The third kappa shape index (κ3) is 3.83. The van der Waals surface area contributed by atoms with Crippen molar-refractivity contribution in [2.75, 3.05) is 6.61 Å². The van der Waals surface area contributed by atoms with Crippen molar-refractivity contribution >= 4 is 23.0 Å². The van der Waals surface area contributed by atoms with Gasteiger partial charge in [-0.15, -0.1) is 0 Å². The van der Waals surface area contributed by atoms with Crippen LogP contribution in [0.4, 0.5) is 4.79 Å². The third-order valence-electron chi connectivity index (χ3n) is 1.13. The van der Waals surface area contributed by atoms with Crippen LogP contribution in [0.5, 0.6) is 0 Å². The molecule has 0 saturated heterocycles. The molecular weight excluding hydrogens is 172 g/mol. The van der Waals surface area contributed by atoms with Crippen LogP contribution in [0.2, 0.25) is 0 Å². The quantitative estimate of drug-likeness (QED) is 0.668. The molecule has 0 bridgehead atoms. The molecule has 0 atom stereocenters. The number of halogens is 1. The molecule has 0 unspecified atom stereocenters. The SMILES string of the molecule is CC(C)(COC(=O)Cl)C(=O)O. The molecule has 0 rings (SSSR count). The van der Waals surface area contributed by atoms with Crippen LogP contribution < -0.4 is 0 Å². The first kappa shape index (κ1) is 10.2. The van der Waals surface area contributed by atoms with Crippen molar-refractivity contribution in [2.45, 2.75) is 13.8 Å². The van der Waals surface area contributed by atoms with E-state index in [0.29, 0.717) is 0 Å². The second-order valence-electron chi connectivity index (χ2n) is 2.72. The number of carbonyl (C=O) groups excluding carboxylic acids is 1. The fourth-order valence-corrected chi connectivity index (χ4v) is 0.353. The Morgan fingerprint density at radius 1 is 1.55 bits per heavy atom. The lowest BCUT2D eigenvalue weighted by atomic mass is 9.95. The van der Waals surface area contributed by atoms with Gasteiger partial charge in [0.15, 0.2) is 0 Å². The number of carbonyl (C=O) groups is 2. The van der Waals surface area contributed by atoms with Gasteiger partial charge in [0, 0.05) is 11.6 Å². The summed E-state index contributed by atoms with van der Waals surface area (Å²) >= 11 is 4.83. The molecule has 64 valence electrons. The molecule has 0 amide bonds. The molecule has 11 heavy (non-hydrogen) atoms. The van der Waals surface area contributed by atoms with E-state index >= 15 is 0 Å². The van der Waals surface area contributed by atoms with E-state index in [0.717, 1.165) is 0 Å². The minimum atomic E-state index is -1.08. The van der Waals surface area contributed by atoms with E-state index in [1.807, 2.05) is 0 Å². The fourth-order valence-electron chi connectivity index (χ4n) is 0.299. The van der Waals surface area contributed by atoms with E-state index in [9.17, 15) is 9.59 Å². The van der Waals surface area contributed by atoms with E-state index < -0.39 is 16.8 Å². The number of hydrogen-bond donors (Lipinski definition) is 1. The first-order valence-electron chi connectivity index (χ1n) is 2.92. The molecule has 0 aromatic heterocycles. The molecule has 0 spiro atoms. The lowest BCUT2D eigenvalue weighted by Crippen LogP contribution is -2.29. The standard InChI is InChI=1S/C6H9ClO4/c1-6(2,4(8)9)3-11-5(7)10/h3H2,1-2H3,(H,8,9). The van der Waals surface area contributed by atoms with Crippen LogP contribution in [-0.2, 0) is 9.53 Å². The molecular formula is C6H9ClO4. The van der Waals surface area contributed by atoms with E-state index in [4.69, 9.17) is 16.7 Å². The van der Waals surface area contributed by atoms with Crippen molar-refractivity contribution in [3.8, 4) is 0 Å². The molecule has 0 aliphatic rings. The van der Waals surface area contributed by atoms with Crippen molar-refractivity contribution < 1.29 is 19.4 Å². The van der Waals surface area contributed by atoms with Gasteiger partial charge in [-0.05, 0) is 13.8 Å². The van der Waals surface area contributed by atoms with Crippen molar-refractivity contribution in [1.29, 1.82) is 0 Å². The second kappa shape index (κ2) is 3.57. The van der Waals surface area contributed by atoms with E-state index in [1.54, 1.807) is 0 Å². The van der Waals surface area contributed by atoms with E-state index in [-0.39, 0.29) is 6.61 Å². The van der Waals surface area contributed by atoms with Crippen molar-refractivity contribution in [2.24, 2.45) is 5.41 Å². The van der Waals surface area contributed by atoms with Crippen molar-refractivity contribution in [3.05, 3.63) is 0 Å². The first-order valence-corrected chi connectivity index (χ1v) is 3.30. The summed E-state index contributed by atoms with van der Waals surface area (Å²) in [6, 6.07) is 0. The fraction of sp³-hybridized carbons (Fsp3) is 0.667. The van der Waals surface area contributed by atoms with Gasteiger partial charge in [0.2, 0.25) is 0 Å². The Bertz CT molecular complexity index is 175. The molecule has 4 nitrogen and oxygen atoms in total. The molecule has 0 fully saturated rings. The zero-order valence-corrected chi connectivity index (χ0v) is 7.01. The normalized spacial score (nSPS) is 10.8. The molecule has 0 aromatic carbocycles. The van der Waals surface area contributed by atoms with Gasteiger partial charge in [0.1, 0.15) is 6.61 Å². The van der Waals surface area contributed by atoms with Crippen LogP contribution in [0.15, 0.2) is 0 Å². The summed E-state index contributed by atoms with van der Waals surface area (Å²) in [4.78, 5) is 20.5. The maximum Gasteiger partial charge on any atom is 0.403 e. The largest absolute Gasteiger partial charge is 0.481 e. The average molecular weight is 181 g/mol. The summed E-state index contributed by atoms with van der Waals surface area (Å²) in [5.41, 5.74) is -2.07. The number of hydrogen-bond acceptors (Lipinski definition) is 3. The highest BCUT2D eigenvalue weighted by molar-refractivity contribution is 6.61. The minimum Gasteiger partial charge on any atom is -0.481 e. The molecule has 0 aliphatic carbocycles. The Labute approximate surface area is 69.1 Å². The topological polar surface area (TPSA) is 63.6 Å². The van der Waals surface area contributed by atoms with Crippen LogP contribution in [0, 0.1) is 5.41 Å². The predicted molar refractivity (Wildman–Crippen MR) is 38.6 cm³/mol. The smallest absolute Gasteiger partial charge is 0.403 e. The van der Waals surface area contributed by atoms with Gasteiger partial charge >= 0.3 is 11.4 Å². The number of carboxylic acid groups (broad SMARTS) is 1. The number of rotatable bonds is 3. The van der Waals surface area contributed by atoms with Gasteiger partial charge in [-0.2, -0.15) is 0 Å². The lowest BCUT2D eigenvalue weighted by Gasteiger charge is -2.16. The Morgan fingerprint density at radius 2 is 2.00 bits per heavy atom. The zero-order valence-electron chi connectivity index (χ0n) is 6.26. The third-order valence-corrected chi connectivity index (χ3v) is 1.23. The van der Waals surface area contributed by atoms with Gasteiger partial charge in [-0.25, -0.2) is 4.79 Å². The van der Waals surface area contributed by atoms with Crippen molar-refractivity contribution in [3.63, 3.8) is 0 Å². The second-order valence-corrected chi connectivity index (χ2v) is 3.02. The van der Waals surface area contributed by atoms with E-state index in [1.165, 1.54) is 13.8 Å². The Hall–Kier alpha value is -0.770. The van der Waals surface area contributed by atoms with Gasteiger partial charge < -0.3 is 9.84 Å². The van der Waals surface area contributed by atoms with Crippen LogP contribution in [0.25, 0.3) is 0 Å². The average Bonchev–Trinajstić information content (AvgIpc) is 1.84. The lowest BCUT2D eigenvalue weighted by molar-refractivity contribution is -0.148. The van der Waals surface area contributed by atoms with Crippen molar-refractivity contribution in [1.82, 2.24) is 0 Å². The number of aliphatic carboxylic acids is 1. The van der Waals surface area contributed by atoms with E-state index in [2.05, 4.69) is 4.74 Å². The van der Waals surface area contributed by atoms with Gasteiger partial charge in [0.25, 0.3) is 0 Å². The van der Waals surface area contributed by atoms with Crippen LogP contribution in [0.1, 0.15) is 13.8 Å². The molecule has 0 aromatic rings. The van der Waals surface area contributed by atoms with Crippen LogP contribution in [-0.4, -0.2) is 23.1 Å². The molecule has 1 N–H and O–H groups in total. The highest BCUT2D eigenvalue weighted by Gasteiger charge is 2.28. The maximum atomic E-state index is 10.4. The molecule has 0 radical (unpaired) electrons. The van der Waals surface area contributed by atoms with Crippen LogP contribution in [0.3, 0.4) is 0 Å². The Morgan fingerprint density at radius 3 is 2.27 bits per heavy atom. The Balaban J connectivity index is 3.92. The maximum absolute atomic E-state index is 10.4. The zero-order chi connectivity index (χ0) is 9.07. The Kier molecular flexibility index (Phi) is 3.32. The molecule has 0 aliphatic heterocycles. The highest BCUT2D eigenvalue weighted by atomic mass is 35.5. The summed E-state index contributed by atoms with van der Waals surface area (Å²) < 4.78 is 4.31. The monoisotopic (exact) mass is 180 g/mol. The summed E-state index contributed by atoms with van der Waals surface area (Å²) in [6.07, 6.45) is 0. The summed E-state index contributed by atoms with van der Waals surface area (Å²) in [6.45, 7) is 2.66. The van der Waals surface area contributed by atoms with Gasteiger partial charge in [0.05, 0.1) is 5.41 Å². The highest BCUT2D eigenvalue weighted by Crippen LogP contribution is 2.15. The molecule has 0 heterocycles. The summed E-state index contributed by atoms with van der Waals surface area (Å²) in [5.74, 6) is -1.03. The molecule has 0 saturated carbocycles. The summed E-state index contributed by atoms with van der Waals surface area (Å²) in [5, 5.41) is 8.52. The predicted octanol–water partition coefficient (Wildman–Crippen LogP) is 1.47. The van der Waals surface area contributed by atoms with Gasteiger partial charge in [-0.3, -0.25) is 4.79 Å².